The second-order valence-electron chi connectivity index (χ2n) is 7.93. The molecule has 8 nitrogen and oxygen atoms in total. The van der Waals surface area contributed by atoms with E-state index in [2.05, 4.69) is 40.3 Å². The number of unbranched alkanes of at least 4 members (excludes halogenated alkanes) is 1. The van der Waals surface area contributed by atoms with Gasteiger partial charge in [-0.05, 0) is 48.9 Å². The maximum Gasteiger partial charge on any atom is 0.259 e. The van der Waals surface area contributed by atoms with Crippen molar-refractivity contribution in [1.82, 2.24) is 20.0 Å². The van der Waals surface area contributed by atoms with Crippen molar-refractivity contribution in [1.29, 1.82) is 5.26 Å². The molecule has 8 heteroatoms. The maximum absolute atomic E-state index is 12.0. The van der Waals surface area contributed by atoms with Crippen LogP contribution < -0.4 is 5.73 Å². The second-order valence-corrected chi connectivity index (χ2v) is 7.93. The standard InChI is InChI=1S/C24H26N6O2/c1-2-3-4-21-19(13-25)12-20(15-27-21)24-28-23(29-32-24)18-6-5-16-7-9-30(22(31)14-26)10-8-17(16)11-18/h5-6,11-12,15H,2-4,7-10,14,26H2,1H3. The van der Waals surface area contributed by atoms with Crippen LogP contribution in [0.5, 0.6) is 0 Å². The summed E-state index contributed by atoms with van der Waals surface area (Å²) in [5.41, 5.74) is 10.7. The number of fused-ring (bicyclic) bond motifs is 1. The number of pyridine rings is 1. The molecule has 0 fully saturated rings. The molecule has 1 amide bonds. The summed E-state index contributed by atoms with van der Waals surface area (Å²) in [6, 6.07) is 10.1. The Hall–Kier alpha value is -3.57. The first-order chi connectivity index (χ1) is 15.6. The Labute approximate surface area is 187 Å². The molecular formula is C24H26N6O2. The molecule has 1 aromatic carbocycles. The summed E-state index contributed by atoms with van der Waals surface area (Å²) in [6.07, 6.45) is 6.05. The van der Waals surface area contributed by atoms with E-state index >= 15 is 0 Å². The molecular weight excluding hydrogens is 404 g/mol. The third kappa shape index (κ3) is 4.53. The maximum atomic E-state index is 12.0. The van der Waals surface area contributed by atoms with Crippen LogP contribution in [0.25, 0.3) is 22.8 Å². The summed E-state index contributed by atoms with van der Waals surface area (Å²) in [5.74, 6) is 0.795. The van der Waals surface area contributed by atoms with Gasteiger partial charge < -0.3 is 15.2 Å². The Morgan fingerprint density at radius 2 is 2.03 bits per heavy atom. The van der Waals surface area contributed by atoms with Crippen molar-refractivity contribution in [3.8, 4) is 28.9 Å². The van der Waals surface area contributed by atoms with Crippen LogP contribution in [0.15, 0.2) is 35.0 Å². The van der Waals surface area contributed by atoms with Crippen molar-refractivity contribution >= 4 is 5.91 Å². The number of carbonyl (C=O) groups excluding carboxylic acids is 1. The first-order valence-electron chi connectivity index (χ1n) is 11.0. The van der Waals surface area contributed by atoms with E-state index < -0.39 is 0 Å². The van der Waals surface area contributed by atoms with Crippen molar-refractivity contribution < 1.29 is 9.32 Å². The largest absolute Gasteiger partial charge is 0.341 e. The van der Waals surface area contributed by atoms with Gasteiger partial charge in [0.15, 0.2) is 0 Å². The molecule has 2 N–H and O–H groups in total. The van der Waals surface area contributed by atoms with Crippen LogP contribution in [0, 0.1) is 11.3 Å². The average Bonchev–Trinajstić information content (AvgIpc) is 3.23. The van der Waals surface area contributed by atoms with Gasteiger partial charge in [-0.2, -0.15) is 10.2 Å². The van der Waals surface area contributed by atoms with E-state index in [0.717, 1.165) is 43.4 Å². The summed E-state index contributed by atoms with van der Waals surface area (Å²) in [4.78, 5) is 22.8. The lowest BCUT2D eigenvalue weighted by molar-refractivity contribution is -0.129. The Bertz CT molecular complexity index is 1160. The minimum Gasteiger partial charge on any atom is -0.341 e. The summed E-state index contributed by atoms with van der Waals surface area (Å²) in [5, 5.41) is 13.6. The molecule has 4 rings (SSSR count). The highest BCUT2D eigenvalue weighted by Gasteiger charge is 2.19. The number of aryl methyl sites for hydroxylation is 1. The number of hydrogen-bond acceptors (Lipinski definition) is 7. The normalized spacial score (nSPS) is 13.3. The van der Waals surface area contributed by atoms with E-state index in [1.807, 2.05) is 11.0 Å². The number of aromatic nitrogens is 3. The number of benzene rings is 1. The highest BCUT2D eigenvalue weighted by molar-refractivity contribution is 5.78. The Morgan fingerprint density at radius 3 is 2.78 bits per heavy atom. The van der Waals surface area contributed by atoms with Gasteiger partial charge in [-0.15, -0.1) is 0 Å². The summed E-state index contributed by atoms with van der Waals surface area (Å²) < 4.78 is 5.48. The fourth-order valence-electron chi connectivity index (χ4n) is 3.95. The van der Waals surface area contributed by atoms with Crippen molar-refractivity contribution in [2.75, 3.05) is 19.6 Å². The van der Waals surface area contributed by atoms with E-state index in [9.17, 15) is 10.1 Å². The zero-order valence-corrected chi connectivity index (χ0v) is 18.2. The number of rotatable bonds is 6. The fourth-order valence-corrected chi connectivity index (χ4v) is 3.95. The summed E-state index contributed by atoms with van der Waals surface area (Å²) in [6.45, 7) is 3.47. The van der Waals surface area contributed by atoms with E-state index in [0.29, 0.717) is 35.9 Å². The molecule has 1 aliphatic heterocycles. The molecule has 0 bridgehead atoms. The van der Waals surface area contributed by atoms with E-state index in [1.165, 1.54) is 11.1 Å². The van der Waals surface area contributed by atoms with Gasteiger partial charge in [-0.3, -0.25) is 9.78 Å². The molecule has 0 atom stereocenters. The van der Waals surface area contributed by atoms with Gasteiger partial charge in [-0.1, -0.05) is 30.6 Å². The molecule has 1 aliphatic rings. The van der Waals surface area contributed by atoms with Crippen LogP contribution in [0.2, 0.25) is 0 Å². The molecule has 0 saturated carbocycles. The van der Waals surface area contributed by atoms with Crippen molar-refractivity contribution in [2.45, 2.75) is 39.0 Å². The minimum atomic E-state index is -0.0214. The topological polar surface area (TPSA) is 122 Å². The molecule has 164 valence electrons. The van der Waals surface area contributed by atoms with Crippen LogP contribution >= 0.6 is 0 Å². The molecule has 0 unspecified atom stereocenters. The number of hydrogen-bond donors (Lipinski definition) is 1. The molecule has 0 radical (unpaired) electrons. The number of amides is 1. The molecule has 32 heavy (non-hydrogen) atoms. The third-order valence-electron chi connectivity index (χ3n) is 5.82. The monoisotopic (exact) mass is 430 g/mol. The lowest BCUT2D eigenvalue weighted by Crippen LogP contribution is -2.37. The van der Waals surface area contributed by atoms with Gasteiger partial charge in [-0.25, -0.2) is 0 Å². The lowest BCUT2D eigenvalue weighted by atomic mass is 10.00. The summed E-state index contributed by atoms with van der Waals surface area (Å²) >= 11 is 0. The third-order valence-corrected chi connectivity index (χ3v) is 5.82. The summed E-state index contributed by atoms with van der Waals surface area (Å²) in [7, 11) is 0. The number of carbonyl (C=O) groups is 1. The van der Waals surface area contributed by atoms with Crippen LogP contribution in [0.1, 0.15) is 42.1 Å². The van der Waals surface area contributed by atoms with Crippen LogP contribution in [0.3, 0.4) is 0 Å². The van der Waals surface area contributed by atoms with Crippen molar-refractivity contribution in [3.63, 3.8) is 0 Å². The van der Waals surface area contributed by atoms with Gasteiger partial charge in [0, 0.05) is 24.8 Å². The van der Waals surface area contributed by atoms with Gasteiger partial charge in [0.2, 0.25) is 11.7 Å². The lowest BCUT2D eigenvalue weighted by Gasteiger charge is -2.18. The zero-order chi connectivity index (χ0) is 22.5. The van der Waals surface area contributed by atoms with Gasteiger partial charge in [0.05, 0.1) is 23.4 Å². The predicted molar refractivity (Wildman–Crippen MR) is 119 cm³/mol. The molecule has 2 aromatic heterocycles. The molecule has 3 heterocycles. The Morgan fingerprint density at radius 1 is 1.22 bits per heavy atom. The molecule has 3 aromatic rings. The predicted octanol–water partition coefficient (Wildman–Crippen LogP) is 2.90. The Kier molecular flexibility index (Phi) is 6.57. The fraction of sp³-hybridized carbons (Fsp3) is 0.375. The second kappa shape index (κ2) is 9.71. The Balaban J connectivity index is 1.56. The number of nitrogens with two attached hydrogens (primary N) is 1. The zero-order valence-electron chi connectivity index (χ0n) is 18.2. The van der Waals surface area contributed by atoms with Gasteiger partial charge >= 0.3 is 0 Å². The quantitative estimate of drug-likeness (QED) is 0.638. The van der Waals surface area contributed by atoms with Crippen LogP contribution in [-0.2, 0) is 24.1 Å². The van der Waals surface area contributed by atoms with Crippen LogP contribution in [0.4, 0.5) is 0 Å². The van der Waals surface area contributed by atoms with Crippen LogP contribution in [-0.4, -0.2) is 45.6 Å². The number of nitrogens with zero attached hydrogens (tertiary/aromatic N) is 5. The molecule has 0 spiro atoms. The minimum absolute atomic E-state index is 0.0214. The van der Waals surface area contributed by atoms with Gasteiger partial charge in [0.25, 0.3) is 5.89 Å². The number of nitriles is 1. The van der Waals surface area contributed by atoms with Crippen molar-refractivity contribution in [3.05, 3.63) is 52.8 Å². The SMILES string of the molecule is CCCCc1ncc(-c2nc(-c3ccc4c(c3)CCN(C(=O)CN)CC4)no2)cc1C#N. The van der Waals surface area contributed by atoms with E-state index in [4.69, 9.17) is 10.3 Å². The first-order valence-corrected chi connectivity index (χ1v) is 11.0. The van der Waals surface area contributed by atoms with Crippen molar-refractivity contribution in [2.24, 2.45) is 5.73 Å². The average molecular weight is 431 g/mol. The van der Waals surface area contributed by atoms with Gasteiger partial charge in [0.1, 0.15) is 6.07 Å². The van der Waals surface area contributed by atoms with E-state index in [1.54, 1.807) is 12.3 Å². The molecule has 0 aliphatic carbocycles. The highest BCUT2D eigenvalue weighted by atomic mass is 16.5. The first kappa shape index (κ1) is 21.7. The smallest absolute Gasteiger partial charge is 0.259 e. The highest BCUT2D eigenvalue weighted by Crippen LogP contribution is 2.26. The van der Waals surface area contributed by atoms with E-state index in [-0.39, 0.29) is 12.5 Å². The molecule has 0 saturated heterocycles.